The van der Waals surface area contributed by atoms with Gasteiger partial charge < -0.3 is 10.1 Å². The number of nitrogens with one attached hydrogen (secondary N) is 1. The summed E-state index contributed by atoms with van der Waals surface area (Å²) in [6, 6.07) is 12.5. The first kappa shape index (κ1) is 17.9. The molecule has 0 radical (unpaired) electrons. The highest BCUT2D eigenvalue weighted by Crippen LogP contribution is 2.31. The number of urea groups is 1. The molecule has 3 aromatic rings. The predicted octanol–water partition coefficient (Wildman–Crippen LogP) is 3.35. The van der Waals surface area contributed by atoms with Gasteiger partial charge in [-0.25, -0.2) is 9.18 Å². The molecule has 142 valence electrons. The average Bonchev–Trinajstić information content (AvgIpc) is 2.92. The van der Waals surface area contributed by atoms with Crippen molar-refractivity contribution < 1.29 is 18.7 Å². The molecule has 3 amide bonds. The zero-order valence-corrected chi connectivity index (χ0v) is 15.4. The average molecular weight is 379 g/mol. The second-order valence-corrected chi connectivity index (χ2v) is 6.81. The lowest BCUT2D eigenvalue weighted by atomic mass is 9.92. The molecule has 28 heavy (non-hydrogen) atoms. The number of hydrogen-bond donors (Lipinski definition) is 1. The first-order valence-corrected chi connectivity index (χ1v) is 8.74. The molecule has 6 nitrogen and oxygen atoms in total. The zero-order valence-electron chi connectivity index (χ0n) is 15.4. The Morgan fingerprint density at radius 3 is 2.64 bits per heavy atom. The second-order valence-electron chi connectivity index (χ2n) is 6.81. The molecule has 1 fully saturated rings. The minimum Gasteiger partial charge on any atom is -0.497 e. The van der Waals surface area contributed by atoms with Crippen molar-refractivity contribution in [1.82, 2.24) is 15.2 Å². The molecule has 1 aliphatic heterocycles. The van der Waals surface area contributed by atoms with E-state index in [1.54, 1.807) is 56.6 Å². The second kappa shape index (κ2) is 6.60. The van der Waals surface area contributed by atoms with Crippen LogP contribution in [0.25, 0.3) is 10.9 Å². The lowest BCUT2D eigenvalue weighted by Gasteiger charge is -2.22. The van der Waals surface area contributed by atoms with E-state index in [1.165, 1.54) is 12.1 Å². The molecule has 0 spiro atoms. The van der Waals surface area contributed by atoms with Crippen molar-refractivity contribution in [3.63, 3.8) is 0 Å². The van der Waals surface area contributed by atoms with E-state index in [-0.39, 0.29) is 6.54 Å². The molecule has 1 aliphatic rings. The molecular formula is C21H18FN3O3. The largest absolute Gasteiger partial charge is 0.497 e. The molecule has 2 aromatic carbocycles. The minimum atomic E-state index is -1.21. The van der Waals surface area contributed by atoms with Crippen LogP contribution in [0, 0.1) is 5.82 Å². The number of pyridine rings is 1. The van der Waals surface area contributed by atoms with Crippen LogP contribution in [-0.4, -0.2) is 28.9 Å². The molecule has 1 saturated heterocycles. The third kappa shape index (κ3) is 2.85. The first-order chi connectivity index (χ1) is 13.4. The number of benzene rings is 2. The minimum absolute atomic E-state index is 0.0678. The highest BCUT2D eigenvalue weighted by Gasteiger charge is 2.49. The summed E-state index contributed by atoms with van der Waals surface area (Å²) in [5.74, 6) is -0.199. The van der Waals surface area contributed by atoms with E-state index >= 15 is 0 Å². The van der Waals surface area contributed by atoms with Crippen molar-refractivity contribution >= 4 is 22.8 Å². The van der Waals surface area contributed by atoms with Gasteiger partial charge in [-0.05, 0) is 42.8 Å². The lowest BCUT2D eigenvalue weighted by molar-refractivity contribution is -0.131. The fourth-order valence-corrected chi connectivity index (χ4v) is 3.48. The summed E-state index contributed by atoms with van der Waals surface area (Å²) in [5, 5.41) is 3.36. The summed E-state index contributed by atoms with van der Waals surface area (Å²) in [4.78, 5) is 31.1. The van der Waals surface area contributed by atoms with Crippen LogP contribution in [0.3, 0.4) is 0 Å². The van der Waals surface area contributed by atoms with Gasteiger partial charge in [-0.1, -0.05) is 18.2 Å². The molecule has 1 N–H and O–H groups in total. The molecule has 0 aliphatic carbocycles. The quantitative estimate of drug-likeness (QED) is 0.706. The van der Waals surface area contributed by atoms with Crippen LogP contribution in [0.4, 0.5) is 9.18 Å². The maximum absolute atomic E-state index is 14.0. The Kier molecular flexibility index (Phi) is 4.22. The number of hydrogen-bond acceptors (Lipinski definition) is 4. The topological polar surface area (TPSA) is 71.5 Å². The smallest absolute Gasteiger partial charge is 0.325 e. The molecule has 1 aromatic heterocycles. The van der Waals surface area contributed by atoms with Crippen LogP contribution in [0.15, 0.2) is 54.7 Å². The van der Waals surface area contributed by atoms with Gasteiger partial charge in [0.2, 0.25) is 0 Å². The maximum Gasteiger partial charge on any atom is 0.325 e. The Bertz CT molecular complexity index is 1080. The molecule has 7 heteroatoms. The summed E-state index contributed by atoms with van der Waals surface area (Å²) >= 11 is 0. The van der Waals surface area contributed by atoms with Crippen LogP contribution in [0.5, 0.6) is 5.75 Å². The molecule has 0 bridgehead atoms. The summed E-state index contributed by atoms with van der Waals surface area (Å²) in [6.07, 6.45) is 1.59. The van der Waals surface area contributed by atoms with Crippen LogP contribution in [0.2, 0.25) is 0 Å². The number of nitrogens with zero attached hydrogens (tertiary/aromatic N) is 2. The fraction of sp³-hybridized carbons (Fsp3) is 0.190. The Hall–Kier alpha value is -3.48. The van der Waals surface area contributed by atoms with E-state index in [9.17, 15) is 14.0 Å². The van der Waals surface area contributed by atoms with Crippen molar-refractivity contribution in [2.45, 2.75) is 19.0 Å². The SMILES string of the molecule is COc1ccc([C@]2(C)NC(=O)N(Cc3cc(F)cc4cccnc34)C2=O)cc1. The number of rotatable bonds is 4. The molecule has 2 heterocycles. The van der Waals surface area contributed by atoms with Gasteiger partial charge >= 0.3 is 6.03 Å². The molecule has 1 atom stereocenters. The van der Waals surface area contributed by atoms with E-state index in [0.29, 0.717) is 27.8 Å². The van der Waals surface area contributed by atoms with Crippen molar-refractivity contribution in [2.24, 2.45) is 0 Å². The van der Waals surface area contributed by atoms with Gasteiger partial charge in [0.15, 0.2) is 0 Å². The number of ether oxygens (including phenoxy) is 1. The van der Waals surface area contributed by atoms with Crippen molar-refractivity contribution in [2.75, 3.05) is 7.11 Å². The number of fused-ring (bicyclic) bond motifs is 1. The Balaban J connectivity index is 1.68. The maximum atomic E-state index is 14.0. The van der Waals surface area contributed by atoms with E-state index in [2.05, 4.69) is 10.3 Å². The van der Waals surface area contributed by atoms with Crippen molar-refractivity contribution in [3.05, 3.63) is 71.7 Å². The third-order valence-corrected chi connectivity index (χ3v) is 5.02. The van der Waals surface area contributed by atoms with Crippen molar-refractivity contribution in [3.8, 4) is 5.75 Å². The van der Waals surface area contributed by atoms with Gasteiger partial charge in [0, 0.05) is 17.1 Å². The highest BCUT2D eigenvalue weighted by atomic mass is 19.1. The monoisotopic (exact) mass is 379 g/mol. The molecule has 0 saturated carbocycles. The van der Waals surface area contributed by atoms with Crippen molar-refractivity contribution in [1.29, 1.82) is 0 Å². The molecule has 0 unspecified atom stereocenters. The highest BCUT2D eigenvalue weighted by molar-refractivity contribution is 6.07. The van der Waals surface area contributed by atoms with Gasteiger partial charge in [-0.3, -0.25) is 14.7 Å². The Morgan fingerprint density at radius 1 is 1.18 bits per heavy atom. The number of methoxy groups -OCH3 is 1. The van der Waals surface area contributed by atoms with Crippen LogP contribution in [0.1, 0.15) is 18.1 Å². The number of halogens is 1. The summed E-state index contributed by atoms with van der Waals surface area (Å²) in [7, 11) is 1.55. The predicted molar refractivity (Wildman–Crippen MR) is 101 cm³/mol. The van der Waals surface area contributed by atoms with E-state index in [0.717, 1.165) is 4.90 Å². The number of amides is 3. The van der Waals surface area contributed by atoms with E-state index in [4.69, 9.17) is 4.74 Å². The summed E-state index contributed by atoms with van der Waals surface area (Å²) < 4.78 is 19.1. The van der Waals surface area contributed by atoms with E-state index < -0.39 is 23.3 Å². The number of carbonyl (C=O) groups excluding carboxylic acids is 2. The van der Waals surface area contributed by atoms with Gasteiger partial charge in [-0.2, -0.15) is 0 Å². The van der Waals surface area contributed by atoms with E-state index in [1.807, 2.05) is 0 Å². The Morgan fingerprint density at radius 2 is 1.93 bits per heavy atom. The van der Waals surface area contributed by atoms with Crippen LogP contribution >= 0.6 is 0 Å². The molecular weight excluding hydrogens is 361 g/mol. The lowest BCUT2D eigenvalue weighted by Crippen LogP contribution is -2.40. The third-order valence-electron chi connectivity index (χ3n) is 5.02. The summed E-state index contributed by atoms with van der Waals surface area (Å²) in [5.41, 5.74) is 0.455. The standard InChI is InChI=1S/C21H18FN3O3/c1-21(15-5-7-17(28-2)8-6-15)19(26)25(20(27)24-21)12-14-11-16(22)10-13-4-3-9-23-18(13)14/h3-11H,12H2,1-2H3,(H,24,27)/t21-/m0/s1. The number of carbonyl (C=O) groups is 2. The number of aromatic nitrogens is 1. The zero-order chi connectivity index (χ0) is 19.9. The van der Waals surface area contributed by atoms with Gasteiger partial charge in [0.05, 0.1) is 19.2 Å². The Labute approximate surface area is 160 Å². The summed E-state index contributed by atoms with van der Waals surface area (Å²) in [6.45, 7) is 1.58. The van der Waals surface area contributed by atoms with Gasteiger partial charge in [0.25, 0.3) is 5.91 Å². The normalized spacial score (nSPS) is 19.2. The van der Waals surface area contributed by atoms with Crippen LogP contribution in [-0.2, 0) is 16.9 Å². The van der Waals surface area contributed by atoms with Gasteiger partial charge in [-0.15, -0.1) is 0 Å². The first-order valence-electron chi connectivity index (χ1n) is 8.74. The van der Waals surface area contributed by atoms with Crippen LogP contribution < -0.4 is 10.1 Å². The van der Waals surface area contributed by atoms with Gasteiger partial charge in [0.1, 0.15) is 17.1 Å². The number of imide groups is 1. The fourth-order valence-electron chi connectivity index (χ4n) is 3.48. The molecule has 4 rings (SSSR count).